The number of hydrazone groups is 1. The van der Waals surface area contributed by atoms with Gasteiger partial charge in [0.1, 0.15) is 0 Å². The Hall–Kier alpha value is -2.20. The number of ether oxygens (including phenoxy) is 1. The van der Waals surface area contributed by atoms with Crippen LogP contribution in [0.15, 0.2) is 47.6 Å². The lowest BCUT2D eigenvalue weighted by Crippen LogP contribution is -1.92. The Morgan fingerprint density at radius 1 is 1.26 bits per heavy atom. The van der Waals surface area contributed by atoms with E-state index >= 15 is 0 Å². The maximum Gasteiger partial charge on any atom is 0.161 e. The van der Waals surface area contributed by atoms with Crippen molar-refractivity contribution in [2.45, 2.75) is 0 Å². The van der Waals surface area contributed by atoms with Crippen LogP contribution in [-0.2, 0) is 0 Å². The first-order valence-corrected chi connectivity index (χ1v) is 5.99. The van der Waals surface area contributed by atoms with Gasteiger partial charge in [0.15, 0.2) is 11.5 Å². The fraction of sp³-hybridized carbons (Fsp3) is 0.0714. The Morgan fingerprint density at radius 2 is 2.00 bits per heavy atom. The van der Waals surface area contributed by atoms with Crippen molar-refractivity contribution in [3.05, 3.63) is 53.1 Å². The molecule has 2 rings (SSSR count). The van der Waals surface area contributed by atoms with Gasteiger partial charge in [0, 0.05) is 11.6 Å². The fourth-order valence-electron chi connectivity index (χ4n) is 1.51. The Labute approximate surface area is 116 Å². The number of benzene rings is 2. The van der Waals surface area contributed by atoms with Gasteiger partial charge in [-0.1, -0.05) is 29.8 Å². The van der Waals surface area contributed by atoms with Crippen molar-refractivity contribution in [3.8, 4) is 11.5 Å². The normalized spacial score (nSPS) is 10.6. The molecule has 98 valence electrons. The predicted octanol–water partition coefficient (Wildman–Crippen LogP) is 3.50. The lowest BCUT2D eigenvalue weighted by atomic mass is 10.2. The molecule has 0 saturated heterocycles. The molecule has 0 spiro atoms. The van der Waals surface area contributed by atoms with E-state index in [0.29, 0.717) is 16.3 Å². The molecule has 0 aliphatic heterocycles. The van der Waals surface area contributed by atoms with Crippen LogP contribution in [0.5, 0.6) is 11.5 Å². The maximum atomic E-state index is 9.55. The van der Waals surface area contributed by atoms with Crippen molar-refractivity contribution >= 4 is 23.5 Å². The van der Waals surface area contributed by atoms with Gasteiger partial charge in [-0.05, 0) is 18.2 Å². The summed E-state index contributed by atoms with van der Waals surface area (Å²) in [4.78, 5) is 0. The molecule has 0 radical (unpaired) electrons. The summed E-state index contributed by atoms with van der Waals surface area (Å²) in [6.07, 6.45) is 1.57. The van der Waals surface area contributed by atoms with Gasteiger partial charge < -0.3 is 9.84 Å². The smallest absolute Gasteiger partial charge is 0.161 e. The van der Waals surface area contributed by atoms with Crippen LogP contribution >= 0.6 is 11.6 Å². The molecule has 4 nitrogen and oxygen atoms in total. The molecule has 2 N–H and O–H groups in total. The Kier molecular flexibility index (Phi) is 4.26. The average Bonchev–Trinajstić information content (AvgIpc) is 2.42. The van der Waals surface area contributed by atoms with E-state index in [9.17, 15) is 5.11 Å². The number of hydrogen-bond acceptors (Lipinski definition) is 4. The molecule has 0 aliphatic carbocycles. The molecule has 0 amide bonds. The summed E-state index contributed by atoms with van der Waals surface area (Å²) in [6, 6.07) is 12.6. The van der Waals surface area contributed by atoms with Crippen molar-refractivity contribution in [2.75, 3.05) is 12.5 Å². The highest BCUT2D eigenvalue weighted by atomic mass is 35.5. The minimum absolute atomic E-state index is 0.000619. The summed E-state index contributed by atoms with van der Waals surface area (Å²) < 4.78 is 5.01. The maximum absolute atomic E-state index is 9.55. The number of methoxy groups -OCH3 is 1. The van der Waals surface area contributed by atoms with Gasteiger partial charge in [-0.15, -0.1) is 0 Å². The number of rotatable bonds is 4. The summed E-state index contributed by atoms with van der Waals surface area (Å²) in [5.41, 5.74) is 4.41. The summed E-state index contributed by atoms with van der Waals surface area (Å²) in [5, 5.41) is 14.0. The molecule has 0 aromatic heterocycles. The first-order chi connectivity index (χ1) is 9.20. The SMILES string of the molecule is COc1cc(C=NNc2ccccc2)c(Cl)cc1O. The van der Waals surface area contributed by atoms with Crippen LogP contribution in [0.4, 0.5) is 5.69 Å². The van der Waals surface area contributed by atoms with Crippen LogP contribution < -0.4 is 10.2 Å². The topological polar surface area (TPSA) is 53.8 Å². The Bertz CT molecular complexity index is 585. The van der Waals surface area contributed by atoms with Crippen LogP contribution in [-0.4, -0.2) is 18.4 Å². The second kappa shape index (κ2) is 6.11. The van der Waals surface area contributed by atoms with Crippen LogP contribution in [0.3, 0.4) is 0 Å². The fourth-order valence-corrected chi connectivity index (χ4v) is 1.72. The van der Waals surface area contributed by atoms with Crippen molar-refractivity contribution in [2.24, 2.45) is 5.10 Å². The van der Waals surface area contributed by atoms with Gasteiger partial charge in [0.05, 0.1) is 24.0 Å². The van der Waals surface area contributed by atoms with E-state index < -0.39 is 0 Å². The Balaban J connectivity index is 2.15. The van der Waals surface area contributed by atoms with Crippen molar-refractivity contribution in [1.29, 1.82) is 0 Å². The number of nitrogens with zero attached hydrogens (tertiary/aromatic N) is 1. The minimum atomic E-state index is 0.000619. The van der Waals surface area contributed by atoms with Crippen molar-refractivity contribution in [3.63, 3.8) is 0 Å². The molecule has 0 aliphatic rings. The minimum Gasteiger partial charge on any atom is -0.504 e. The number of anilines is 1. The highest BCUT2D eigenvalue weighted by Gasteiger charge is 2.06. The zero-order valence-corrected chi connectivity index (χ0v) is 11.1. The third-order valence-electron chi connectivity index (χ3n) is 2.47. The third kappa shape index (κ3) is 3.39. The van der Waals surface area contributed by atoms with E-state index in [4.69, 9.17) is 16.3 Å². The number of halogens is 1. The first-order valence-electron chi connectivity index (χ1n) is 5.61. The lowest BCUT2D eigenvalue weighted by molar-refractivity contribution is 0.373. The molecule has 0 unspecified atom stereocenters. The molecule has 0 atom stereocenters. The van der Waals surface area contributed by atoms with Gasteiger partial charge in [0.2, 0.25) is 0 Å². The van der Waals surface area contributed by atoms with E-state index in [0.717, 1.165) is 5.69 Å². The van der Waals surface area contributed by atoms with Gasteiger partial charge in [0.25, 0.3) is 0 Å². The van der Waals surface area contributed by atoms with Gasteiger partial charge >= 0.3 is 0 Å². The zero-order chi connectivity index (χ0) is 13.7. The molecule has 2 aromatic rings. The van der Waals surface area contributed by atoms with Gasteiger partial charge in [-0.3, -0.25) is 5.43 Å². The lowest BCUT2D eigenvalue weighted by Gasteiger charge is -2.06. The number of aromatic hydroxyl groups is 1. The molecule has 19 heavy (non-hydrogen) atoms. The number of phenolic OH excluding ortho intramolecular Hbond substituents is 1. The molecular weight excluding hydrogens is 264 g/mol. The van der Waals surface area contributed by atoms with Gasteiger partial charge in [-0.2, -0.15) is 5.10 Å². The van der Waals surface area contributed by atoms with Crippen LogP contribution in [0.25, 0.3) is 0 Å². The van der Waals surface area contributed by atoms with Crippen molar-refractivity contribution in [1.82, 2.24) is 0 Å². The highest BCUT2D eigenvalue weighted by Crippen LogP contribution is 2.31. The third-order valence-corrected chi connectivity index (χ3v) is 2.80. The summed E-state index contributed by atoms with van der Waals surface area (Å²) >= 11 is 6.01. The summed E-state index contributed by atoms with van der Waals surface area (Å²) in [6.45, 7) is 0. The summed E-state index contributed by atoms with van der Waals surface area (Å²) in [7, 11) is 1.48. The number of nitrogens with one attached hydrogen (secondary N) is 1. The average molecular weight is 277 g/mol. The van der Waals surface area contributed by atoms with Gasteiger partial charge in [-0.25, -0.2) is 0 Å². The van der Waals surface area contributed by atoms with E-state index in [2.05, 4.69) is 10.5 Å². The Morgan fingerprint density at radius 3 is 2.68 bits per heavy atom. The monoisotopic (exact) mass is 276 g/mol. The largest absolute Gasteiger partial charge is 0.504 e. The van der Waals surface area contributed by atoms with E-state index in [1.54, 1.807) is 12.3 Å². The van der Waals surface area contributed by atoms with E-state index in [1.807, 2.05) is 30.3 Å². The molecule has 0 fully saturated rings. The van der Waals surface area contributed by atoms with E-state index in [-0.39, 0.29) is 5.75 Å². The molecule has 0 saturated carbocycles. The zero-order valence-electron chi connectivity index (χ0n) is 10.3. The highest BCUT2D eigenvalue weighted by molar-refractivity contribution is 6.33. The van der Waals surface area contributed by atoms with E-state index in [1.165, 1.54) is 13.2 Å². The standard InChI is InChI=1S/C14H13ClN2O2/c1-19-14-7-10(12(15)8-13(14)18)9-16-17-11-5-3-2-4-6-11/h2-9,17-18H,1H3. The second-order valence-electron chi connectivity index (χ2n) is 3.78. The molecule has 5 heteroatoms. The quantitative estimate of drug-likeness (QED) is 0.664. The molecular formula is C14H13ClN2O2. The predicted molar refractivity (Wildman–Crippen MR) is 77.3 cm³/mol. The van der Waals surface area contributed by atoms with Crippen LogP contribution in [0.2, 0.25) is 5.02 Å². The number of hydrogen-bond donors (Lipinski definition) is 2. The number of phenols is 1. The first kappa shape index (κ1) is 13.2. The summed E-state index contributed by atoms with van der Waals surface area (Å²) in [5.74, 6) is 0.353. The molecule has 0 bridgehead atoms. The van der Waals surface area contributed by atoms with Crippen LogP contribution in [0.1, 0.15) is 5.56 Å². The molecule has 2 aromatic carbocycles. The molecule has 0 heterocycles. The second-order valence-corrected chi connectivity index (χ2v) is 4.19. The van der Waals surface area contributed by atoms with Crippen molar-refractivity contribution < 1.29 is 9.84 Å². The number of para-hydroxylation sites is 1. The van der Waals surface area contributed by atoms with Crippen LogP contribution in [0, 0.1) is 0 Å².